The number of hydrogen-bond donors (Lipinski definition) is 1. The zero-order chi connectivity index (χ0) is 27.4. The van der Waals surface area contributed by atoms with Gasteiger partial charge in [0.2, 0.25) is 10.0 Å². The summed E-state index contributed by atoms with van der Waals surface area (Å²) in [6, 6.07) is 4.62. The van der Waals surface area contributed by atoms with Crippen molar-refractivity contribution in [1.29, 1.82) is 0 Å². The highest BCUT2D eigenvalue weighted by Gasteiger charge is 2.30. The van der Waals surface area contributed by atoms with Crippen molar-refractivity contribution in [2.45, 2.75) is 44.9 Å². The van der Waals surface area contributed by atoms with Crippen LogP contribution in [0.4, 0.5) is 0 Å². The number of alkyl halides is 1. The number of halogens is 1. The smallest absolute Gasteiger partial charge is 0.275 e. The number of aryl methyl sites for hydroxylation is 2. The quantitative estimate of drug-likeness (QED) is 0.281. The van der Waals surface area contributed by atoms with E-state index in [1.807, 2.05) is 13.8 Å². The maximum Gasteiger partial charge on any atom is 0.275 e. The Kier molecular flexibility index (Phi) is 8.92. The number of ether oxygens (including phenoxy) is 1. The third-order valence-corrected chi connectivity index (χ3v) is 9.03. The zero-order valence-corrected chi connectivity index (χ0v) is 23.6. The molecule has 1 N–H and O–H groups in total. The fraction of sp³-hybridized carbons (Fsp3) is 0.500. The second-order valence-corrected chi connectivity index (χ2v) is 11.6. The fourth-order valence-corrected chi connectivity index (χ4v) is 6.51. The van der Waals surface area contributed by atoms with Crippen LogP contribution < -0.4 is 10.3 Å². The van der Waals surface area contributed by atoms with Gasteiger partial charge in [-0.15, -0.1) is 16.7 Å². The monoisotopic (exact) mass is 563 g/mol. The Balaban J connectivity index is 1.78. The number of carbonyl (C=O) groups excluding carboxylic acids is 1. The number of fused-ring (bicyclic) bond motifs is 1. The van der Waals surface area contributed by atoms with Crippen LogP contribution in [0.15, 0.2) is 27.9 Å². The van der Waals surface area contributed by atoms with E-state index in [9.17, 15) is 18.0 Å². The molecule has 1 aliphatic rings. The van der Waals surface area contributed by atoms with Crippen LogP contribution in [0.1, 0.15) is 48.3 Å². The summed E-state index contributed by atoms with van der Waals surface area (Å²) < 4.78 is 35.9. The number of piperazine rings is 1. The molecule has 0 bridgehead atoms. The predicted octanol–water partition coefficient (Wildman–Crippen LogP) is 3.10. The first-order valence-electron chi connectivity index (χ1n) is 12.9. The Morgan fingerprint density at radius 1 is 1.18 bits per heavy atom. The molecule has 10 nitrogen and oxygen atoms in total. The van der Waals surface area contributed by atoms with E-state index in [-0.39, 0.29) is 10.7 Å². The average Bonchev–Trinajstić information content (AvgIpc) is 3.18. The van der Waals surface area contributed by atoms with Crippen molar-refractivity contribution >= 4 is 33.4 Å². The number of nitrogens with zero attached hydrogens (tertiary/aromatic N) is 4. The number of nitrogens with one attached hydrogen (secondary N) is 1. The van der Waals surface area contributed by atoms with Crippen molar-refractivity contribution in [3.8, 4) is 17.1 Å². The van der Waals surface area contributed by atoms with E-state index in [0.29, 0.717) is 78.7 Å². The van der Waals surface area contributed by atoms with E-state index in [2.05, 4.69) is 15.0 Å². The minimum Gasteiger partial charge on any atom is -0.493 e. The van der Waals surface area contributed by atoms with Gasteiger partial charge in [0.05, 0.1) is 22.8 Å². The second kappa shape index (κ2) is 12.0. The number of aromatic nitrogens is 3. The summed E-state index contributed by atoms with van der Waals surface area (Å²) in [5.74, 6) is 1.14. The number of rotatable bonds is 11. The lowest BCUT2D eigenvalue weighted by Crippen LogP contribution is -2.48. The Hall–Kier alpha value is -2.73. The lowest BCUT2D eigenvalue weighted by atomic mass is 10.1. The molecule has 206 valence electrons. The lowest BCUT2D eigenvalue weighted by molar-refractivity contribution is 0.112. The van der Waals surface area contributed by atoms with E-state index in [0.717, 1.165) is 25.7 Å². The highest BCUT2D eigenvalue weighted by atomic mass is 35.5. The highest BCUT2D eigenvalue weighted by molar-refractivity contribution is 7.89. The van der Waals surface area contributed by atoms with Gasteiger partial charge in [0.25, 0.3) is 5.56 Å². The topological polar surface area (TPSA) is 117 Å². The van der Waals surface area contributed by atoms with Gasteiger partial charge in [-0.2, -0.15) is 4.31 Å². The summed E-state index contributed by atoms with van der Waals surface area (Å²) in [5.41, 5.74) is 1.91. The van der Waals surface area contributed by atoms with E-state index >= 15 is 0 Å². The van der Waals surface area contributed by atoms with Crippen LogP contribution in [0.2, 0.25) is 0 Å². The van der Waals surface area contributed by atoms with Crippen LogP contribution in [-0.2, 0) is 16.4 Å². The van der Waals surface area contributed by atoms with Gasteiger partial charge in [-0.05, 0) is 57.0 Å². The van der Waals surface area contributed by atoms with Gasteiger partial charge in [0, 0.05) is 37.6 Å². The van der Waals surface area contributed by atoms with Gasteiger partial charge in [0.1, 0.15) is 11.3 Å². The zero-order valence-electron chi connectivity index (χ0n) is 22.0. The van der Waals surface area contributed by atoms with Crippen LogP contribution in [0, 0.1) is 6.92 Å². The molecule has 0 saturated carbocycles. The molecular formula is C26H34ClN5O5S. The molecule has 0 amide bonds. The maximum atomic E-state index is 13.6. The summed E-state index contributed by atoms with van der Waals surface area (Å²) in [4.78, 5) is 30.1. The number of hydrogen-bond acceptors (Lipinski definition) is 7. The molecule has 12 heteroatoms. The number of carbonyl (C=O) groups is 1. The van der Waals surface area contributed by atoms with Crippen molar-refractivity contribution in [3.05, 3.63) is 45.4 Å². The first-order chi connectivity index (χ1) is 18.3. The molecule has 0 aliphatic carbocycles. The van der Waals surface area contributed by atoms with Crippen LogP contribution in [0.5, 0.6) is 5.75 Å². The number of aldehydes is 1. The Morgan fingerprint density at radius 2 is 1.92 bits per heavy atom. The molecule has 0 radical (unpaired) electrons. The lowest BCUT2D eigenvalue weighted by Gasteiger charge is -2.33. The summed E-state index contributed by atoms with van der Waals surface area (Å²) >= 11 is 5.80. The first-order valence-corrected chi connectivity index (χ1v) is 14.9. The van der Waals surface area contributed by atoms with Gasteiger partial charge in [-0.3, -0.25) is 9.59 Å². The van der Waals surface area contributed by atoms with Gasteiger partial charge < -0.3 is 14.6 Å². The minimum atomic E-state index is -3.79. The molecule has 3 heterocycles. The van der Waals surface area contributed by atoms with Crippen molar-refractivity contribution in [1.82, 2.24) is 23.8 Å². The van der Waals surface area contributed by atoms with E-state index < -0.39 is 15.6 Å². The number of benzene rings is 1. The number of aromatic amines is 1. The molecular weight excluding hydrogens is 530 g/mol. The standard InChI is InChI=1S/C26H34ClN5O5S/c1-4-7-22-21(17-33)18(3)24-26(34)28-25(29-32(22)24)20-16-19(8-9-23(20)37-5-2)38(35,36)31-14-12-30(13-15-31)11-6-10-27/h8-9,16-17H,4-7,10-15H2,1-3H3,(H,28,29,34). The van der Waals surface area contributed by atoms with E-state index in [4.69, 9.17) is 16.3 Å². The van der Waals surface area contributed by atoms with Gasteiger partial charge in [0.15, 0.2) is 12.1 Å². The summed E-state index contributed by atoms with van der Waals surface area (Å²) in [6.45, 7) is 8.75. The normalized spacial score (nSPS) is 15.3. The Bertz CT molecular complexity index is 1480. The summed E-state index contributed by atoms with van der Waals surface area (Å²) in [5, 5.41) is 4.67. The van der Waals surface area contributed by atoms with Crippen LogP contribution in [-0.4, -0.2) is 83.7 Å². The highest BCUT2D eigenvalue weighted by Crippen LogP contribution is 2.32. The Labute approximate surface area is 227 Å². The van der Waals surface area contributed by atoms with Crippen molar-refractivity contribution in [3.63, 3.8) is 0 Å². The second-order valence-electron chi connectivity index (χ2n) is 9.30. The Morgan fingerprint density at radius 3 is 2.55 bits per heavy atom. The average molecular weight is 564 g/mol. The van der Waals surface area contributed by atoms with Crippen molar-refractivity contribution in [2.75, 3.05) is 45.2 Å². The SMILES string of the molecule is CCCc1c(C=O)c(C)c2c(=O)[nH]c(-c3cc(S(=O)(=O)N4CCN(CCCCl)CC4)ccc3OCC)nn12. The van der Waals surface area contributed by atoms with Crippen LogP contribution in [0.3, 0.4) is 0 Å². The summed E-state index contributed by atoms with van der Waals surface area (Å²) in [6.07, 6.45) is 2.93. The third kappa shape index (κ3) is 5.38. The minimum absolute atomic E-state index is 0.0963. The van der Waals surface area contributed by atoms with Crippen molar-refractivity contribution < 1.29 is 17.9 Å². The maximum absolute atomic E-state index is 13.6. The first kappa shape index (κ1) is 28.3. The molecule has 1 saturated heterocycles. The molecule has 0 atom stereocenters. The van der Waals surface area contributed by atoms with Crippen LogP contribution >= 0.6 is 11.6 Å². The summed E-state index contributed by atoms with van der Waals surface area (Å²) in [7, 11) is -3.79. The third-order valence-electron chi connectivity index (χ3n) is 6.87. The molecule has 0 unspecified atom stereocenters. The molecule has 3 aromatic rings. The van der Waals surface area contributed by atoms with Crippen LogP contribution in [0.25, 0.3) is 16.9 Å². The number of sulfonamides is 1. The number of H-pyrrole nitrogens is 1. The molecule has 2 aromatic heterocycles. The fourth-order valence-electron chi connectivity index (χ4n) is 4.94. The van der Waals surface area contributed by atoms with E-state index in [1.54, 1.807) is 13.0 Å². The molecule has 1 aromatic carbocycles. The largest absolute Gasteiger partial charge is 0.493 e. The van der Waals surface area contributed by atoms with Crippen molar-refractivity contribution in [2.24, 2.45) is 0 Å². The molecule has 1 aliphatic heterocycles. The molecule has 1 fully saturated rings. The predicted molar refractivity (Wildman–Crippen MR) is 147 cm³/mol. The van der Waals surface area contributed by atoms with Gasteiger partial charge in [-0.25, -0.2) is 12.9 Å². The van der Waals surface area contributed by atoms with Gasteiger partial charge >= 0.3 is 0 Å². The van der Waals surface area contributed by atoms with E-state index in [1.165, 1.54) is 21.0 Å². The molecule has 38 heavy (non-hydrogen) atoms. The molecule has 0 spiro atoms. The molecule has 4 rings (SSSR count). The van der Waals surface area contributed by atoms with Gasteiger partial charge in [-0.1, -0.05) is 13.3 Å².